The zero-order valence-corrected chi connectivity index (χ0v) is 12.3. The second-order valence-corrected chi connectivity index (χ2v) is 5.04. The highest BCUT2D eigenvalue weighted by Gasteiger charge is 1.98. The van der Waals surface area contributed by atoms with Gasteiger partial charge in [0, 0.05) is 0 Å². The number of aromatic hydroxyl groups is 2. The Morgan fingerprint density at radius 1 is 0.619 bits per heavy atom. The Labute approximate surface area is 130 Å². The summed E-state index contributed by atoms with van der Waals surface area (Å²) in [6, 6.07) is 9.51. The van der Waals surface area contributed by atoms with Gasteiger partial charge in [0.1, 0.15) is 11.5 Å². The van der Waals surface area contributed by atoms with Gasteiger partial charge in [-0.3, -0.25) is 0 Å². The van der Waals surface area contributed by atoms with Crippen LogP contribution in [0.3, 0.4) is 0 Å². The highest BCUT2D eigenvalue weighted by atomic mass is 16.3. The van der Waals surface area contributed by atoms with Crippen molar-refractivity contribution in [1.82, 2.24) is 0 Å². The third-order valence-electron chi connectivity index (χ3n) is 2.99. The van der Waals surface area contributed by atoms with Gasteiger partial charge in [-0.1, -0.05) is 50.2 Å². The average molecular weight is 290 g/mol. The summed E-state index contributed by atoms with van der Waals surface area (Å²) in [6.07, 6.45) is 0. The van der Waals surface area contributed by atoms with Gasteiger partial charge >= 0.3 is 0 Å². The number of rotatable bonds is 0. The van der Waals surface area contributed by atoms with E-state index in [0.29, 0.717) is 11.5 Å². The monoisotopic (exact) mass is 290 g/mol. The van der Waals surface area contributed by atoms with E-state index < -0.39 is 0 Å². The lowest BCUT2D eigenvalue weighted by molar-refractivity contribution is 0.466. The molecular formula is C19H30O2. The summed E-state index contributed by atoms with van der Waals surface area (Å²) in [5.74, 6) is 0.797. The van der Waals surface area contributed by atoms with E-state index in [1.165, 1.54) is 11.1 Å². The molecule has 118 valence electrons. The zero-order chi connectivity index (χ0) is 14.6. The molecule has 0 spiro atoms. The van der Waals surface area contributed by atoms with Crippen LogP contribution in [0, 0.1) is 34.6 Å². The van der Waals surface area contributed by atoms with Crippen LogP contribution in [-0.2, 0) is 0 Å². The summed E-state index contributed by atoms with van der Waals surface area (Å²) >= 11 is 0. The lowest BCUT2D eigenvalue weighted by atomic mass is 10.1. The minimum atomic E-state index is 0. The van der Waals surface area contributed by atoms with Gasteiger partial charge in [0.25, 0.3) is 0 Å². The van der Waals surface area contributed by atoms with Crippen molar-refractivity contribution in [1.29, 1.82) is 0 Å². The maximum absolute atomic E-state index is 9.33. The Morgan fingerprint density at radius 2 is 1.05 bits per heavy atom. The molecule has 0 atom stereocenters. The smallest absolute Gasteiger partial charge is 0.121 e. The van der Waals surface area contributed by atoms with Crippen molar-refractivity contribution in [2.24, 2.45) is 0 Å². The first-order valence-corrected chi connectivity index (χ1v) is 6.34. The SMILES string of the molecule is C.C.Cc1cc(C)c(O)c(C)c1.Cc1ccc(O)c(C)c1. The van der Waals surface area contributed by atoms with E-state index in [0.717, 1.165) is 16.7 Å². The average Bonchev–Trinajstić information content (AvgIpc) is 2.32. The van der Waals surface area contributed by atoms with E-state index in [-0.39, 0.29) is 14.9 Å². The van der Waals surface area contributed by atoms with Crippen molar-refractivity contribution >= 4 is 0 Å². The van der Waals surface area contributed by atoms with E-state index in [1.54, 1.807) is 6.07 Å². The molecule has 0 saturated heterocycles. The first-order valence-electron chi connectivity index (χ1n) is 6.34. The third kappa shape index (κ3) is 6.35. The first kappa shape index (κ1) is 21.3. The van der Waals surface area contributed by atoms with Gasteiger partial charge in [-0.25, -0.2) is 0 Å². The number of hydrogen-bond donors (Lipinski definition) is 2. The number of aryl methyl sites for hydroxylation is 5. The molecule has 0 bridgehead atoms. The lowest BCUT2D eigenvalue weighted by Gasteiger charge is -2.03. The minimum Gasteiger partial charge on any atom is -0.508 e. The molecule has 0 aliphatic carbocycles. The molecule has 0 heterocycles. The van der Waals surface area contributed by atoms with Crippen molar-refractivity contribution in [3.63, 3.8) is 0 Å². The van der Waals surface area contributed by atoms with Gasteiger partial charge in [0.05, 0.1) is 0 Å². The van der Waals surface area contributed by atoms with Gasteiger partial charge in [-0.05, 0) is 57.4 Å². The van der Waals surface area contributed by atoms with Gasteiger partial charge in [0.15, 0.2) is 0 Å². The lowest BCUT2D eigenvalue weighted by Crippen LogP contribution is -1.81. The largest absolute Gasteiger partial charge is 0.508 e. The fourth-order valence-corrected chi connectivity index (χ4v) is 1.98. The standard InChI is InChI=1S/C9H12O.C8H10O.2CH4/c1-6-4-7(2)9(10)8(3)5-6;1-6-3-4-8(9)7(2)5-6;;/h4-5,10H,1-3H3;3-5,9H,1-2H3;2*1H4. The molecule has 0 saturated carbocycles. The summed E-state index contributed by atoms with van der Waals surface area (Å²) in [6.45, 7) is 9.75. The van der Waals surface area contributed by atoms with Crippen LogP contribution in [0.2, 0.25) is 0 Å². The van der Waals surface area contributed by atoms with Crippen LogP contribution in [0.5, 0.6) is 11.5 Å². The second kappa shape index (κ2) is 9.06. The van der Waals surface area contributed by atoms with E-state index >= 15 is 0 Å². The van der Waals surface area contributed by atoms with E-state index in [9.17, 15) is 5.11 Å². The Hall–Kier alpha value is -1.96. The Morgan fingerprint density at radius 3 is 1.43 bits per heavy atom. The molecule has 2 heteroatoms. The molecular weight excluding hydrogens is 260 g/mol. The Bertz CT molecular complexity index is 549. The predicted octanol–water partition coefficient (Wildman–Crippen LogP) is 5.60. The zero-order valence-electron chi connectivity index (χ0n) is 12.3. The van der Waals surface area contributed by atoms with Crippen LogP contribution in [0.1, 0.15) is 42.7 Å². The van der Waals surface area contributed by atoms with Crippen molar-refractivity contribution in [3.8, 4) is 11.5 Å². The van der Waals surface area contributed by atoms with E-state index in [2.05, 4.69) is 0 Å². The maximum atomic E-state index is 9.33. The fourth-order valence-electron chi connectivity index (χ4n) is 1.98. The molecule has 0 aliphatic heterocycles. The summed E-state index contributed by atoms with van der Waals surface area (Å²) in [4.78, 5) is 0. The summed E-state index contributed by atoms with van der Waals surface area (Å²) in [5.41, 5.74) is 5.24. The number of phenolic OH excluding ortho intramolecular Hbond substituents is 2. The van der Waals surface area contributed by atoms with Crippen molar-refractivity contribution in [2.75, 3.05) is 0 Å². The molecule has 21 heavy (non-hydrogen) atoms. The summed E-state index contributed by atoms with van der Waals surface area (Å²) < 4.78 is 0. The molecule has 2 rings (SSSR count). The molecule has 2 N–H and O–H groups in total. The molecule has 0 amide bonds. The number of phenols is 2. The molecule has 0 unspecified atom stereocenters. The van der Waals surface area contributed by atoms with Gasteiger partial charge < -0.3 is 10.2 Å². The van der Waals surface area contributed by atoms with Crippen LogP contribution in [-0.4, -0.2) is 10.2 Å². The van der Waals surface area contributed by atoms with Crippen LogP contribution in [0.4, 0.5) is 0 Å². The normalized spacial score (nSPS) is 8.81. The molecule has 0 radical (unpaired) electrons. The van der Waals surface area contributed by atoms with Crippen LogP contribution in [0.25, 0.3) is 0 Å². The van der Waals surface area contributed by atoms with E-state index in [1.807, 2.05) is 58.9 Å². The van der Waals surface area contributed by atoms with Crippen molar-refractivity contribution in [2.45, 2.75) is 49.5 Å². The molecule has 2 aromatic rings. The number of hydrogen-bond acceptors (Lipinski definition) is 2. The third-order valence-corrected chi connectivity index (χ3v) is 2.99. The predicted molar refractivity (Wildman–Crippen MR) is 93.4 cm³/mol. The van der Waals surface area contributed by atoms with Crippen LogP contribution >= 0.6 is 0 Å². The van der Waals surface area contributed by atoms with Crippen molar-refractivity contribution < 1.29 is 10.2 Å². The minimum absolute atomic E-state index is 0. The number of benzene rings is 2. The van der Waals surface area contributed by atoms with Gasteiger partial charge in [0.2, 0.25) is 0 Å². The molecule has 2 aromatic carbocycles. The van der Waals surface area contributed by atoms with Crippen molar-refractivity contribution in [3.05, 3.63) is 58.1 Å². The molecule has 2 nitrogen and oxygen atoms in total. The van der Waals surface area contributed by atoms with Crippen LogP contribution in [0.15, 0.2) is 30.3 Å². The molecule has 0 aliphatic rings. The quantitative estimate of drug-likeness (QED) is 0.663. The van der Waals surface area contributed by atoms with Gasteiger partial charge in [-0.15, -0.1) is 0 Å². The molecule has 0 aromatic heterocycles. The first-order chi connectivity index (χ1) is 8.81. The van der Waals surface area contributed by atoms with Gasteiger partial charge in [-0.2, -0.15) is 0 Å². The van der Waals surface area contributed by atoms with E-state index in [4.69, 9.17) is 5.11 Å². The fraction of sp³-hybridized carbons (Fsp3) is 0.368. The summed E-state index contributed by atoms with van der Waals surface area (Å²) in [5, 5.41) is 18.4. The highest BCUT2D eigenvalue weighted by Crippen LogP contribution is 2.21. The summed E-state index contributed by atoms with van der Waals surface area (Å²) in [7, 11) is 0. The molecule has 0 fully saturated rings. The Balaban J connectivity index is 0. The van der Waals surface area contributed by atoms with Crippen LogP contribution < -0.4 is 0 Å². The second-order valence-electron chi connectivity index (χ2n) is 5.04. The topological polar surface area (TPSA) is 40.5 Å². The maximum Gasteiger partial charge on any atom is 0.121 e. The highest BCUT2D eigenvalue weighted by molar-refractivity contribution is 5.41. The Kier molecular flexibility index (Phi) is 9.21.